The summed E-state index contributed by atoms with van der Waals surface area (Å²) in [6.07, 6.45) is 0. The molecule has 0 spiro atoms. The lowest BCUT2D eigenvalue weighted by atomic mass is 10.2. The van der Waals surface area contributed by atoms with Crippen LogP contribution in [0.15, 0.2) is 54.6 Å². The Morgan fingerprint density at radius 3 is 2.00 bits per heavy atom. The zero-order chi connectivity index (χ0) is 12.3. The van der Waals surface area contributed by atoms with E-state index in [9.17, 15) is 4.79 Å². The first-order valence-electron chi connectivity index (χ1n) is 5.37. The highest BCUT2D eigenvalue weighted by atomic mass is 16.1. The number of carbonyl (C=O) groups excluding carboxylic acids is 1. The fourth-order valence-electron chi connectivity index (χ4n) is 1.65. The summed E-state index contributed by atoms with van der Waals surface area (Å²) in [5, 5.41) is 0. The standard InChI is InChI=1S/C14H14N2O/c1-16(12-5-3-2-4-6-12)13-9-7-11(8-10-13)14(15)17/h2-10H,1H3,(H2,15,17). The Balaban J connectivity index is 2.26. The molecule has 0 aliphatic heterocycles. The van der Waals surface area contributed by atoms with Gasteiger partial charge in [-0.25, -0.2) is 0 Å². The number of benzene rings is 2. The van der Waals surface area contributed by atoms with E-state index in [2.05, 4.69) is 0 Å². The average molecular weight is 226 g/mol. The molecule has 2 rings (SSSR count). The summed E-state index contributed by atoms with van der Waals surface area (Å²) >= 11 is 0. The number of carbonyl (C=O) groups is 1. The summed E-state index contributed by atoms with van der Waals surface area (Å²) in [7, 11) is 1.98. The Hall–Kier alpha value is -2.29. The first-order valence-corrected chi connectivity index (χ1v) is 5.37. The van der Waals surface area contributed by atoms with Crippen LogP contribution in [0, 0.1) is 0 Å². The van der Waals surface area contributed by atoms with Crippen LogP contribution in [0.25, 0.3) is 0 Å². The molecule has 0 fully saturated rings. The second kappa shape index (κ2) is 4.70. The molecule has 3 nitrogen and oxygen atoms in total. The van der Waals surface area contributed by atoms with Crippen molar-refractivity contribution in [1.29, 1.82) is 0 Å². The number of para-hydroxylation sites is 1. The quantitative estimate of drug-likeness (QED) is 0.874. The minimum atomic E-state index is -0.404. The maximum absolute atomic E-state index is 11.0. The van der Waals surface area contributed by atoms with E-state index in [4.69, 9.17) is 5.73 Å². The Bertz CT molecular complexity index is 506. The van der Waals surface area contributed by atoms with Crippen molar-refractivity contribution in [1.82, 2.24) is 0 Å². The second-order valence-corrected chi connectivity index (χ2v) is 3.81. The van der Waals surface area contributed by atoms with E-state index >= 15 is 0 Å². The molecule has 0 heterocycles. The minimum absolute atomic E-state index is 0.404. The molecule has 0 saturated carbocycles. The van der Waals surface area contributed by atoms with Crippen LogP contribution in [-0.2, 0) is 0 Å². The molecular weight excluding hydrogens is 212 g/mol. The van der Waals surface area contributed by atoms with Gasteiger partial charge in [-0.1, -0.05) is 18.2 Å². The second-order valence-electron chi connectivity index (χ2n) is 3.81. The predicted molar refractivity (Wildman–Crippen MR) is 69.5 cm³/mol. The predicted octanol–water partition coefficient (Wildman–Crippen LogP) is 2.55. The van der Waals surface area contributed by atoms with Crippen molar-refractivity contribution in [3.05, 3.63) is 60.2 Å². The molecule has 3 heteroatoms. The molecule has 0 aliphatic carbocycles. The molecular formula is C14H14N2O. The van der Waals surface area contributed by atoms with Crippen molar-refractivity contribution >= 4 is 17.3 Å². The summed E-state index contributed by atoms with van der Waals surface area (Å²) in [5.41, 5.74) is 7.83. The highest BCUT2D eigenvalue weighted by Crippen LogP contribution is 2.22. The molecule has 0 bridgehead atoms. The first kappa shape index (κ1) is 11.2. The summed E-state index contributed by atoms with van der Waals surface area (Å²) in [6, 6.07) is 17.2. The lowest BCUT2D eigenvalue weighted by molar-refractivity contribution is 0.100. The van der Waals surface area contributed by atoms with Crippen molar-refractivity contribution < 1.29 is 4.79 Å². The van der Waals surface area contributed by atoms with Crippen LogP contribution in [-0.4, -0.2) is 13.0 Å². The van der Waals surface area contributed by atoms with Crippen LogP contribution in [0.2, 0.25) is 0 Å². The van der Waals surface area contributed by atoms with E-state index in [1.54, 1.807) is 12.1 Å². The first-order chi connectivity index (χ1) is 8.18. The topological polar surface area (TPSA) is 46.3 Å². The van der Waals surface area contributed by atoms with E-state index in [0.717, 1.165) is 11.4 Å². The van der Waals surface area contributed by atoms with Gasteiger partial charge < -0.3 is 10.6 Å². The van der Waals surface area contributed by atoms with Crippen molar-refractivity contribution in [2.75, 3.05) is 11.9 Å². The molecule has 0 radical (unpaired) electrons. The van der Waals surface area contributed by atoms with Crippen LogP contribution >= 0.6 is 0 Å². The van der Waals surface area contributed by atoms with Crippen LogP contribution in [0.3, 0.4) is 0 Å². The zero-order valence-electron chi connectivity index (χ0n) is 9.63. The summed E-state index contributed by atoms with van der Waals surface area (Å²) in [5.74, 6) is -0.404. The highest BCUT2D eigenvalue weighted by Gasteiger charge is 2.04. The van der Waals surface area contributed by atoms with Gasteiger partial charge in [0.15, 0.2) is 0 Å². The number of rotatable bonds is 3. The Labute approximate surface area is 100 Å². The van der Waals surface area contributed by atoms with Gasteiger partial charge in [0.25, 0.3) is 0 Å². The maximum Gasteiger partial charge on any atom is 0.248 e. The fraction of sp³-hybridized carbons (Fsp3) is 0.0714. The van der Waals surface area contributed by atoms with E-state index in [0.29, 0.717) is 5.56 Å². The SMILES string of the molecule is CN(c1ccccc1)c1ccc(C(N)=O)cc1. The van der Waals surface area contributed by atoms with Gasteiger partial charge in [0.1, 0.15) is 0 Å². The van der Waals surface area contributed by atoms with Gasteiger partial charge in [-0.15, -0.1) is 0 Å². The lowest BCUT2D eigenvalue weighted by Gasteiger charge is -2.19. The largest absolute Gasteiger partial charge is 0.366 e. The normalized spacial score (nSPS) is 9.94. The monoisotopic (exact) mass is 226 g/mol. The number of primary amides is 1. The summed E-state index contributed by atoms with van der Waals surface area (Å²) < 4.78 is 0. The van der Waals surface area contributed by atoms with E-state index in [1.807, 2.05) is 54.4 Å². The third kappa shape index (κ3) is 2.45. The Morgan fingerprint density at radius 1 is 0.941 bits per heavy atom. The van der Waals surface area contributed by atoms with Gasteiger partial charge in [-0.3, -0.25) is 4.79 Å². The molecule has 0 saturated heterocycles. The molecule has 0 unspecified atom stereocenters. The highest BCUT2D eigenvalue weighted by molar-refractivity contribution is 5.93. The van der Waals surface area contributed by atoms with Gasteiger partial charge >= 0.3 is 0 Å². The van der Waals surface area contributed by atoms with Gasteiger partial charge in [0.2, 0.25) is 5.91 Å². The van der Waals surface area contributed by atoms with Gasteiger partial charge in [-0.2, -0.15) is 0 Å². The number of nitrogens with zero attached hydrogens (tertiary/aromatic N) is 1. The number of amides is 1. The van der Waals surface area contributed by atoms with Gasteiger partial charge in [-0.05, 0) is 36.4 Å². The molecule has 2 aromatic rings. The zero-order valence-corrected chi connectivity index (χ0v) is 9.63. The average Bonchev–Trinajstić information content (AvgIpc) is 2.39. The van der Waals surface area contributed by atoms with Crippen molar-refractivity contribution in [2.24, 2.45) is 5.73 Å². The Morgan fingerprint density at radius 2 is 1.47 bits per heavy atom. The van der Waals surface area contributed by atoms with Gasteiger partial charge in [0.05, 0.1) is 0 Å². The number of anilines is 2. The smallest absolute Gasteiger partial charge is 0.248 e. The molecule has 2 N–H and O–H groups in total. The molecule has 0 aromatic heterocycles. The number of hydrogen-bond donors (Lipinski definition) is 1. The van der Waals surface area contributed by atoms with E-state index in [-0.39, 0.29) is 0 Å². The summed E-state index contributed by atoms with van der Waals surface area (Å²) in [4.78, 5) is 13.0. The number of nitrogens with two attached hydrogens (primary N) is 1. The maximum atomic E-state index is 11.0. The fourth-order valence-corrected chi connectivity index (χ4v) is 1.65. The van der Waals surface area contributed by atoms with Crippen LogP contribution < -0.4 is 10.6 Å². The van der Waals surface area contributed by atoms with Crippen molar-refractivity contribution in [3.63, 3.8) is 0 Å². The van der Waals surface area contributed by atoms with Gasteiger partial charge in [0, 0.05) is 24.0 Å². The molecule has 0 aliphatic rings. The molecule has 1 amide bonds. The third-order valence-corrected chi connectivity index (χ3v) is 2.68. The third-order valence-electron chi connectivity index (χ3n) is 2.68. The van der Waals surface area contributed by atoms with E-state index < -0.39 is 5.91 Å². The lowest BCUT2D eigenvalue weighted by Crippen LogP contribution is -2.12. The summed E-state index contributed by atoms with van der Waals surface area (Å²) in [6.45, 7) is 0. The molecule has 86 valence electrons. The van der Waals surface area contributed by atoms with Crippen LogP contribution in [0.5, 0.6) is 0 Å². The van der Waals surface area contributed by atoms with E-state index in [1.165, 1.54) is 0 Å². The number of hydrogen-bond acceptors (Lipinski definition) is 2. The van der Waals surface area contributed by atoms with Crippen LogP contribution in [0.1, 0.15) is 10.4 Å². The molecule has 17 heavy (non-hydrogen) atoms. The Kier molecular flexibility index (Phi) is 3.10. The molecule has 0 atom stereocenters. The van der Waals surface area contributed by atoms with Crippen molar-refractivity contribution in [2.45, 2.75) is 0 Å². The molecule has 2 aromatic carbocycles. The van der Waals surface area contributed by atoms with Crippen LogP contribution in [0.4, 0.5) is 11.4 Å². The minimum Gasteiger partial charge on any atom is -0.366 e. The van der Waals surface area contributed by atoms with Crippen molar-refractivity contribution in [3.8, 4) is 0 Å².